The molecule has 0 heterocycles. The number of aryl methyl sites for hydroxylation is 1. The van der Waals surface area contributed by atoms with Crippen LogP contribution in [0.2, 0.25) is 0 Å². The smallest absolute Gasteiger partial charge is 0.338 e. The summed E-state index contributed by atoms with van der Waals surface area (Å²) in [6, 6.07) is 4.74. The van der Waals surface area contributed by atoms with E-state index in [4.69, 9.17) is 0 Å². The van der Waals surface area contributed by atoms with Crippen molar-refractivity contribution < 1.29 is 14.7 Å². The number of carbonyl (C=O) groups is 2. The van der Waals surface area contributed by atoms with Crippen LogP contribution in [0.15, 0.2) is 18.2 Å². The highest BCUT2D eigenvalue weighted by molar-refractivity contribution is 6.01. The molecule has 0 bridgehead atoms. The number of nitrogens with one attached hydrogen (secondary N) is 1. The molecule has 1 aromatic rings. The highest BCUT2D eigenvalue weighted by atomic mass is 16.4. The summed E-state index contributed by atoms with van der Waals surface area (Å²) in [5.41, 5.74) is 1.10. The Morgan fingerprint density at radius 1 is 1.37 bits per heavy atom. The first-order chi connectivity index (χ1) is 8.97. The van der Waals surface area contributed by atoms with Gasteiger partial charge in [-0.1, -0.05) is 25.5 Å². The molecule has 2 amide bonds. The number of amides is 2. The van der Waals surface area contributed by atoms with Crippen molar-refractivity contribution in [2.24, 2.45) is 0 Å². The van der Waals surface area contributed by atoms with Gasteiger partial charge < -0.3 is 15.3 Å². The van der Waals surface area contributed by atoms with Crippen LogP contribution >= 0.6 is 0 Å². The molecule has 0 aliphatic rings. The zero-order valence-corrected chi connectivity index (χ0v) is 11.6. The van der Waals surface area contributed by atoms with Gasteiger partial charge in [0.25, 0.3) is 0 Å². The molecule has 0 spiro atoms. The molecule has 0 aliphatic carbocycles. The molecule has 0 fully saturated rings. The van der Waals surface area contributed by atoms with Gasteiger partial charge in [0.05, 0.1) is 11.3 Å². The second kappa shape index (κ2) is 6.78. The van der Waals surface area contributed by atoms with Gasteiger partial charge in [-0.3, -0.25) is 0 Å². The molecule has 0 aromatic heterocycles. The predicted molar refractivity (Wildman–Crippen MR) is 74.7 cm³/mol. The van der Waals surface area contributed by atoms with Gasteiger partial charge in [-0.2, -0.15) is 0 Å². The van der Waals surface area contributed by atoms with Crippen LogP contribution in [-0.2, 0) is 0 Å². The SMILES string of the molecule is CCCCN(C)C(=O)Nc1cccc(C)c1C(=O)O. The quantitative estimate of drug-likeness (QED) is 0.859. The standard InChI is InChI=1S/C14H20N2O3/c1-4-5-9-16(3)14(19)15-11-8-6-7-10(2)12(11)13(17)18/h6-8H,4-5,9H2,1-3H3,(H,15,19)(H,17,18). The van der Waals surface area contributed by atoms with Gasteiger partial charge >= 0.3 is 12.0 Å². The zero-order valence-electron chi connectivity index (χ0n) is 11.6. The van der Waals surface area contributed by atoms with Crippen molar-refractivity contribution in [2.75, 3.05) is 18.9 Å². The number of carboxylic acids is 1. The van der Waals surface area contributed by atoms with Gasteiger partial charge in [-0.15, -0.1) is 0 Å². The minimum absolute atomic E-state index is 0.139. The monoisotopic (exact) mass is 264 g/mol. The maximum atomic E-state index is 11.9. The third-order valence-corrected chi connectivity index (χ3v) is 2.92. The van der Waals surface area contributed by atoms with Crippen molar-refractivity contribution in [3.05, 3.63) is 29.3 Å². The molecule has 0 aliphatic heterocycles. The van der Waals surface area contributed by atoms with E-state index in [1.807, 2.05) is 0 Å². The Kier molecular flexibility index (Phi) is 5.36. The number of carbonyl (C=O) groups excluding carboxylic acids is 1. The number of carboxylic acid groups (broad SMARTS) is 1. The molecule has 0 saturated heterocycles. The third kappa shape index (κ3) is 3.98. The molecule has 0 radical (unpaired) electrons. The molecule has 5 nitrogen and oxygen atoms in total. The highest BCUT2D eigenvalue weighted by Crippen LogP contribution is 2.19. The number of hydrogen-bond donors (Lipinski definition) is 2. The van der Waals surface area contributed by atoms with E-state index in [2.05, 4.69) is 12.2 Å². The van der Waals surface area contributed by atoms with Gasteiger partial charge in [0.15, 0.2) is 0 Å². The van der Waals surface area contributed by atoms with E-state index in [9.17, 15) is 14.7 Å². The van der Waals surface area contributed by atoms with E-state index in [1.165, 1.54) is 0 Å². The van der Waals surface area contributed by atoms with Crippen LogP contribution in [0.5, 0.6) is 0 Å². The van der Waals surface area contributed by atoms with E-state index < -0.39 is 5.97 Å². The normalized spacial score (nSPS) is 10.1. The second-order valence-electron chi connectivity index (χ2n) is 4.51. The van der Waals surface area contributed by atoms with Gasteiger partial charge in [-0.05, 0) is 25.0 Å². The number of benzene rings is 1. The number of anilines is 1. The van der Waals surface area contributed by atoms with Crippen molar-refractivity contribution in [1.82, 2.24) is 4.90 Å². The summed E-state index contributed by atoms with van der Waals surface area (Å²) in [5, 5.41) is 11.8. The maximum Gasteiger partial charge on any atom is 0.338 e. The fourth-order valence-electron chi connectivity index (χ4n) is 1.76. The number of rotatable bonds is 5. The molecule has 0 unspecified atom stereocenters. The predicted octanol–water partition coefficient (Wildman–Crippen LogP) is 2.96. The number of nitrogens with zero attached hydrogens (tertiary/aromatic N) is 1. The van der Waals surface area contributed by atoms with Crippen LogP contribution in [0.3, 0.4) is 0 Å². The molecular formula is C14H20N2O3. The number of urea groups is 1. The Labute approximate surface area is 113 Å². The van der Waals surface area contributed by atoms with Gasteiger partial charge in [-0.25, -0.2) is 9.59 Å². The van der Waals surface area contributed by atoms with Crippen molar-refractivity contribution in [3.8, 4) is 0 Å². The number of hydrogen-bond acceptors (Lipinski definition) is 2. The minimum atomic E-state index is -1.04. The zero-order chi connectivity index (χ0) is 14.4. The Balaban J connectivity index is 2.85. The molecule has 1 rings (SSSR count). The van der Waals surface area contributed by atoms with Crippen LogP contribution in [0.1, 0.15) is 35.7 Å². The lowest BCUT2D eigenvalue weighted by Crippen LogP contribution is -2.32. The van der Waals surface area contributed by atoms with E-state index in [1.54, 1.807) is 37.1 Å². The van der Waals surface area contributed by atoms with Gasteiger partial charge in [0.2, 0.25) is 0 Å². The fourth-order valence-corrected chi connectivity index (χ4v) is 1.76. The summed E-state index contributed by atoms with van der Waals surface area (Å²) >= 11 is 0. The largest absolute Gasteiger partial charge is 0.478 e. The van der Waals surface area contributed by atoms with Crippen molar-refractivity contribution in [1.29, 1.82) is 0 Å². The van der Waals surface area contributed by atoms with Crippen LogP contribution < -0.4 is 5.32 Å². The Bertz CT molecular complexity index is 472. The van der Waals surface area contributed by atoms with Gasteiger partial charge in [0.1, 0.15) is 0 Å². The molecular weight excluding hydrogens is 244 g/mol. The summed E-state index contributed by atoms with van der Waals surface area (Å²) in [7, 11) is 1.70. The Hall–Kier alpha value is -2.04. The molecule has 0 atom stereocenters. The lowest BCUT2D eigenvalue weighted by molar-refractivity contribution is 0.0697. The summed E-state index contributed by atoms with van der Waals surface area (Å²) in [6.45, 7) is 4.41. The molecule has 2 N–H and O–H groups in total. The first kappa shape index (κ1) is 15.0. The average molecular weight is 264 g/mol. The molecule has 1 aromatic carbocycles. The second-order valence-corrected chi connectivity index (χ2v) is 4.51. The number of aromatic carboxylic acids is 1. The van der Waals surface area contributed by atoms with Crippen molar-refractivity contribution >= 4 is 17.7 Å². The fraction of sp³-hybridized carbons (Fsp3) is 0.429. The first-order valence-corrected chi connectivity index (χ1v) is 6.32. The van der Waals surface area contributed by atoms with Crippen LogP contribution in [0.4, 0.5) is 10.5 Å². The van der Waals surface area contributed by atoms with Crippen molar-refractivity contribution in [2.45, 2.75) is 26.7 Å². The van der Waals surface area contributed by atoms with Crippen LogP contribution in [0, 0.1) is 6.92 Å². The molecule has 19 heavy (non-hydrogen) atoms. The lowest BCUT2D eigenvalue weighted by Gasteiger charge is -2.18. The van der Waals surface area contributed by atoms with E-state index >= 15 is 0 Å². The number of unbranched alkanes of at least 4 members (excludes halogenated alkanes) is 1. The van der Waals surface area contributed by atoms with Crippen LogP contribution in [-0.4, -0.2) is 35.6 Å². The topological polar surface area (TPSA) is 69.6 Å². The molecule has 104 valence electrons. The van der Waals surface area contributed by atoms with Gasteiger partial charge in [0, 0.05) is 13.6 Å². The van der Waals surface area contributed by atoms with E-state index in [0.29, 0.717) is 17.8 Å². The Morgan fingerprint density at radius 2 is 2.05 bits per heavy atom. The third-order valence-electron chi connectivity index (χ3n) is 2.92. The van der Waals surface area contributed by atoms with E-state index in [-0.39, 0.29) is 11.6 Å². The lowest BCUT2D eigenvalue weighted by atomic mass is 10.1. The minimum Gasteiger partial charge on any atom is -0.478 e. The summed E-state index contributed by atoms with van der Waals surface area (Å²) in [6.07, 6.45) is 1.92. The maximum absolute atomic E-state index is 11.9. The highest BCUT2D eigenvalue weighted by Gasteiger charge is 2.16. The van der Waals surface area contributed by atoms with E-state index in [0.717, 1.165) is 12.8 Å². The summed E-state index contributed by atoms with van der Waals surface area (Å²) in [5.74, 6) is -1.04. The molecule has 0 saturated carbocycles. The Morgan fingerprint density at radius 3 is 2.63 bits per heavy atom. The van der Waals surface area contributed by atoms with Crippen LogP contribution in [0.25, 0.3) is 0 Å². The van der Waals surface area contributed by atoms with Crippen molar-refractivity contribution in [3.63, 3.8) is 0 Å². The first-order valence-electron chi connectivity index (χ1n) is 6.32. The average Bonchev–Trinajstić information content (AvgIpc) is 2.35. The molecule has 5 heteroatoms. The summed E-state index contributed by atoms with van der Waals surface area (Å²) in [4.78, 5) is 24.7. The summed E-state index contributed by atoms with van der Waals surface area (Å²) < 4.78 is 0.